The second-order valence-electron chi connectivity index (χ2n) is 6.83. The third-order valence-corrected chi connectivity index (χ3v) is 5.27. The van der Waals surface area contributed by atoms with E-state index in [0.29, 0.717) is 12.1 Å². The summed E-state index contributed by atoms with van der Waals surface area (Å²) in [5, 5.41) is 3.04. The van der Waals surface area contributed by atoms with Gasteiger partial charge in [0.25, 0.3) is 5.91 Å². The van der Waals surface area contributed by atoms with Crippen molar-refractivity contribution in [3.8, 4) is 5.75 Å². The highest BCUT2D eigenvalue weighted by Gasteiger charge is 2.38. The zero-order valence-corrected chi connectivity index (χ0v) is 14.8. The number of nitrogens with one attached hydrogen (secondary N) is 1. The number of benzene rings is 2. The summed E-state index contributed by atoms with van der Waals surface area (Å²) in [6, 6.07) is 12.3. The molecule has 0 heterocycles. The van der Waals surface area contributed by atoms with Gasteiger partial charge in [0.2, 0.25) is 0 Å². The van der Waals surface area contributed by atoms with Gasteiger partial charge in [-0.25, -0.2) is 4.39 Å². The zero-order valence-electron chi connectivity index (χ0n) is 14.8. The number of halogens is 1. The molecule has 0 spiro atoms. The molecule has 2 aromatic carbocycles. The van der Waals surface area contributed by atoms with Crippen molar-refractivity contribution < 1.29 is 13.9 Å². The fourth-order valence-corrected chi connectivity index (χ4v) is 3.86. The summed E-state index contributed by atoms with van der Waals surface area (Å²) in [4.78, 5) is 12.6. The largest absolute Gasteiger partial charge is 0.496 e. The van der Waals surface area contributed by atoms with Crippen molar-refractivity contribution >= 4 is 5.91 Å². The van der Waals surface area contributed by atoms with E-state index in [-0.39, 0.29) is 11.3 Å². The van der Waals surface area contributed by atoms with Crippen LogP contribution in [0.4, 0.5) is 4.39 Å². The Balaban J connectivity index is 1.83. The molecule has 0 unspecified atom stereocenters. The molecule has 4 heteroatoms. The van der Waals surface area contributed by atoms with E-state index in [0.717, 1.165) is 42.6 Å². The minimum atomic E-state index is -0.393. The van der Waals surface area contributed by atoms with Gasteiger partial charge in [0.1, 0.15) is 11.6 Å². The Morgan fingerprint density at radius 3 is 2.64 bits per heavy atom. The van der Waals surface area contributed by atoms with Crippen LogP contribution in [0.1, 0.15) is 47.2 Å². The summed E-state index contributed by atoms with van der Waals surface area (Å²) >= 11 is 0. The van der Waals surface area contributed by atoms with Crippen LogP contribution in [0.3, 0.4) is 0 Å². The van der Waals surface area contributed by atoms with E-state index in [4.69, 9.17) is 4.74 Å². The lowest BCUT2D eigenvalue weighted by Gasteiger charge is -2.31. The molecule has 0 aliphatic heterocycles. The lowest BCUT2D eigenvalue weighted by Crippen LogP contribution is -2.39. The molecule has 0 saturated heterocycles. The molecule has 1 saturated carbocycles. The van der Waals surface area contributed by atoms with Crippen molar-refractivity contribution in [3.63, 3.8) is 0 Å². The highest BCUT2D eigenvalue weighted by molar-refractivity contribution is 5.95. The van der Waals surface area contributed by atoms with Crippen LogP contribution < -0.4 is 10.1 Å². The molecule has 25 heavy (non-hydrogen) atoms. The molecule has 1 N–H and O–H groups in total. The Labute approximate surface area is 148 Å². The molecule has 0 bridgehead atoms. The van der Waals surface area contributed by atoms with E-state index in [1.54, 1.807) is 13.2 Å². The highest BCUT2D eigenvalue weighted by atomic mass is 19.1. The fraction of sp³-hybridized carbons (Fsp3) is 0.381. The van der Waals surface area contributed by atoms with Gasteiger partial charge in [-0.05, 0) is 43.5 Å². The maximum atomic E-state index is 13.5. The SMILES string of the molecule is COc1ccccc1C1(CNC(=O)c2cc(F)ccc2C)CCCC1. The quantitative estimate of drug-likeness (QED) is 0.876. The average molecular weight is 341 g/mol. The number of methoxy groups -OCH3 is 1. The Morgan fingerprint density at radius 2 is 1.92 bits per heavy atom. The van der Waals surface area contributed by atoms with E-state index in [1.807, 2.05) is 25.1 Å². The molecule has 0 atom stereocenters. The summed E-state index contributed by atoms with van der Waals surface area (Å²) < 4.78 is 19.0. The van der Waals surface area contributed by atoms with Crippen molar-refractivity contribution in [1.82, 2.24) is 5.32 Å². The summed E-state index contributed by atoms with van der Waals surface area (Å²) in [6.07, 6.45) is 4.28. The monoisotopic (exact) mass is 341 g/mol. The number of carbonyl (C=O) groups is 1. The molecule has 0 aromatic heterocycles. The maximum Gasteiger partial charge on any atom is 0.251 e. The van der Waals surface area contributed by atoms with Crippen molar-refractivity contribution in [2.45, 2.75) is 38.0 Å². The van der Waals surface area contributed by atoms with Crippen LogP contribution in [0.25, 0.3) is 0 Å². The van der Waals surface area contributed by atoms with E-state index >= 15 is 0 Å². The van der Waals surface area contributed by atoms with Gasteiger partial charge in [0.05, 0.1) is 7.11 Å². The normalized spacial score (nSPS) is 15.8. The number of hydrogen-bond acceptors (Lipinski definition) is 2. The van der Waals surface area contributed by atoms with Gasteiger partial charge >= 0.3 is 0 Å². The lowest BCUT2D eigenvalue weighted by molar-refractivity contribution is 0.0941. The highest BCUT2D eigenvalue weighted by Crippen LogP contribution is 2.44. The van der Waals surface area contributed by atoms with Gasteiger partial charge in [-0.1, -0.05) is 37.1 Å². The van der Waals surface area contributed by atoms with E-state index < -0.39 is 5.82 Å². The first kappa shape index (κ1) is 17.5. The average Bonchev–Trinajstić information content (AvgIpc) is 3.11. The van der Waals surface area contributed by atoms with Gasteiger partial charge in [0.15, 0.2) is 0 Å². The number of carbonyl (C=O) groups excluding carboxylic acids is 1. The molecule has 1 amide bonds. The van der Waals surface area contributed by atoms with Crippen LogP contribution in [0.15, 0.2) is 42.5 Å². The Morgan fingerprint density at radius 1 is 1.20 bits per heavy atom. The van der Waals surface area contributed by atoms with Gasteiger partial charge in [0, 0.05) is 23.1 Å². The first-order valence-corrected chi connectivity index (χ1v) is 8.74. The van der Waals surface area contributed by atoms with Crippen LogP contribution in [0.5, 0.6) is 5.75 Å². The van der Waals surface area contributed by atoms with Crippen molar-refractivity contribution in [1.29, 1.82) is 0 Å². The molecule has 1 aliphatic carbocycles. The van der Waals surface area contributed by atoms with Crippen LogP contribution in [0.2, 0.25) is 0 Å². The minimum absolute atomic E-state index is 0.122. The number of rotatable bonds is 5. The lowest BCUT2D eigenvalue weighted by atomic mass is 9.78. The third-order valence-electron chi connectivity index (χ3n) is 5.27. The topological polar surface area (TPSA) is 38.3 Å². The van der Waals surface area contributed by atoms with Crippen molar-refractivity contribution in [2.24, 2.45) is 0 Å². The predicted molar refractivity (Wildman–Crippen MR) is 96.6 cm³/mol. The van der Waals surface area contributed by atoms with Gasteiger partial charge < -0.3 is 10.1 Å². The molecule has 132 valence electrons. The van der Waals surface area contributed by atoms with Crippen molar-refractivity contribution in [3.05, 3.63) is 65.0 Å². The van der Waals surface area contributed by atoms with Crippen LogP contribution in [-0.4, -0.2) is 19.6 Å². The minimum Gasteiger partial charge on any atom is -0.496 e. The summed E-state index contributed by atoms with van der Waals surface area (Å²) in [6.45, 7) is 2.35. The van der Waals surface area contributed by atoms with Crippen molar-refractivity contribution in [2.75, 3.05) is 13.7 Å². The van der Waals surface area contributed by atoms with E-state index in [1.165, 1.54) is 12.1 Å². The van der Waals surface area contributed by atoms with Gasteiger partial charge in [-0.2, -0.15) is 0 Å². The van der Waals surface area contributed by atoms with E-state index in [9.17, 15) is 9.18 Å². The van der Waals surface area contributed by atoms with Gasteiger partial charge in [-0.3, -0.25) is 4.79 Å². The van der Waals surface area contributed by atoms with Crippen LogP contribution in [-0.2, 0) is 5.41 Å². The smallest absolute Gasteiger partial charge is 0.251 e. The van der Waals surface area contributed by atoms with Crippen LogP contribution >= 0.6 is 0 Å². The first-order chi connectivity index (χ1) is 12.1. The summed E-state index contributed by atoms with van der Waals surface area (Å²) in [7, 11) is 1.68. The van der Waals surface area contributed by atoms with E-state index in [2.05, 4.69) is 11.4 Å². The molecule has 1 aliphatic rings. The summed E-state index contributed by atoms with van der Waals surface area (Å²) in [5.41, 5.74) is 2.19. The van der Waals surface area contributed by atoms with Gasteiger partial charge in [-0.15, -0.1) is 0 Å². The van der Waals surface area contributed by atoms with Crippen LogP contribution in [0, 0.1) is 12.7 Å². The standard InChI is InChI=1S/C21H24FNO2/c1-15-9-10-16(22)13-17(15)20(24)23-14-21(11-5-6-12-21)18-7-3-4-8-19(18)25-2/h3-4,7-10,13H,5-6,11-12,14H2,1-2H3,(H,23,24). The summed E-state index contributed by atoms with van der Waals surface area (Å²) in [5.74, 6) is 0.245. The Bertz CT molecular complexity index is 766. The second kappa shape index (κ2) is 7.26. The zero-order chi connectivity index (χ0) is 17.9. The fourth-order valence-electron chi connectivity index (χ4n) is 3.86. The third kappa shape index (κ3) is 3.53. The Kier molecular flexibility index (Phi) is 5.07. The Hall–Kier alpha value is -2.36. The number of ether oxygens (including phenoxy) is 1. The number of para-hydroxylation sites is 1. The predicted octanol–water partition coefficient (Wildman–Crippen LogP) is 4.38. The number of aryl methyl sites for hydroxylation is 1. The molecular weight excluding hydrogens is 317 g/mol. The number of amides is 1. The molecule has 2 aromatic rings. The molecular formula is C21H24FNO2. The molecule has 3 rings (SSSR count). The maximum absolute atomic E-state index is 13.5. The molecule has 1 fully saturated rings. The molecule has 0 radical (unpaired) electrons. The number of hydrogen-bond donors (Lipinski definition) is 1. The first-order valence-electron chi connectivity index (χ1n) is 8.74. The molecule has 3 nitrogen and oxygen atoms in total. The second-order valence-corrected chi connectivity index (χ2v) is 6.83.